The van der Waals surface area contributed by atoms with Crippen LogP contribution in [-0.2, 0) is 5.54 Å². The molecule has 2 aliphatic heterocycles. The van der Waals surface area contributed by atoms with Gasteiger partial charge in [-0.1, -0.05) is 69.0 Å². The van der Waals surface area contributed by atoms with E-state index in [2.05, 4.69) is 109 Å². The average molecular weight is 482 g/mol. The Balaban J connectivity index is 1.53. The number of benzene rings is 4. The highest BCUT2D eigenvalue weighted by Crippen LogP contribution is 2.52. The highest BCUT2D eigenvalue weighted by atomic mass is 16.5. The molecule has 0 saturated carbocycles. The summed E-state index contributed by atoms with van der Waals surface area (Å²) in [7, 11) is 0. The summed E-state index contributed by atoms with van der Waals surface area (Å²) in [5.41, 5.74) is 7.95. The Bertz CT molecular complexity index is 1670. The highest BCUT2D eigenvalue weighted by Gasteiger charge is 2.47. The molecule has 0 N–H and O–H groups in total. The van der Waals surface area contributed by atoms with E-state index in [0.717, 1.165) is 41.4 Å². The summed E-state index contributed by atoms with van der Waals surface area (Å²) in [4.78, 5) is 2.31. The Hall–Kier alpha value is -4.37. The predicted molar refractivity (Wildman–Crippen MR) is 152 cm³/mol. The van der Waals surface area contributed by atoms with Gasteiger partial charge in [-0.15, -0.1) is 0 Å². The molecule has 37 heavy (non-hydrogen) atoms. The molecule has 0 fully saturated rings. The molecular formula is C34H29N2O+. The standard InChI is InChI=1S/C34H29N2O/c1-4-34(5-2)23(3)26-19-18-25(22-28(26)33-27-13-7-6-12-24(27)20-21-35(33)34)36-29-14-8-10-16-31(29)37-32-17-11-9-15-30(32)36/h6-22H,3-5H2,1-2H3/q+1. The molecule has 1 aromatic heterocycles. The second-order valence-electron chi connectivity index (χ2n) is 9.94. The van der Waals surface area contributed by atoms with Gasteiger partial charge in [0.15, 0.2) is 23.2 Å². The molecule has 0 bridgehead atoms. The van der Waals surface area contributed by atoms with E-state index in [1.165, 1.54) is 33.2 Å². The van der Waals surface area contributed by atoms with Crippen molar-refractivity contribution < 1.29 is 9.30 Å². The lowest BCUT2D eigenvalue weighted by atomic mass is 9.75. The van der Waals surface area contributed by atoms with E-state index in [-0.39, 0.29) is 5.54 Å². The smallest absolute Gasteiger partial charge is 0.221 e. The molecule has 0 unspecified atom stereocenters. The van der Waals surface area contributed by atoms with Crippen molar-refractivity contribution in [3.8, 4) is 22.8 Å². The fraction of sp³-hybridized carbons (Fsp3) is 0.147. The third-order valence-electron chi connectivity index (χ3n) is 8.33. The minimum absolute atomic E-state index is 0.147. The van der Waals surface area contributed by atoms with Crippen LogP contribution in [0.2, 0.25) is 0 Å². The van der Waals surface area contributed by atoms with Crippen molar-refractivity contribution in [3.05, 3.63) is 115 Å². The third-order valence-corrected chi connectivity index (χ3v) is 8.33. The van der Waals surface area contributed by atoms with Gasteiger partial charge in [-0.3, -0.25) is 0 Å². The van der Waals surface area contributed by atoms with Gasteiger partial charge in [-0.25, -0.2) is 0 Å². The fourth-order valence-corrected chi connectivity index (χ4v) is 6.38. The number of hydrogen-bond acceptors (Lipinski definition) is 2. The van der Waals surface area contributed by atoms with E-state index in [9.17, 15) is 0 Å². The summed E-state index contributed by atoms with van der Waals surface area (Å²) in [5.74, 6) is 1.72. The van der Waals surface area contributed by atoms with Crippen LogP contribution in [-0.4, -0.2) is 0 Å². The molecule has 3 nitrogen and oxygen atoms in total. The predicted octanol–water partition coefficient (Wildman–Crippen LogP) is 8.91. The van der Waals surface area contributed by atoms with Gasteiger partial charge in [-0.2, -0.15) is 4.57 Å². The van der Waals surface area contributed by atoms with Gasteiger partial charge in [-0.05, 0) is 53.4 Å². The van der Waals surface area contributed by atoms with E-state index in [1.807, 2.05) is 24.3 Å². The number of fused-ring (bicyclic) bond motifs is 7. The van der Waals surface area contributed by atoms with Gasteiger partial charge in [0, 0.05) is 30.2 Å². The number of pyridine rings is 1. The number of anilines is 3. The van der Waals surface area contributed by atoms with Crippen LogP contribution in [0.25, 0.3) is 27.6 Å². The molecule has 7 rings (SSSR count). The molecule has 0 amide bonds. The van der Waals surface area contributed by atoms with Crippen molar-refractivity contribution in [3.63, 3.8) is 0 Å². The number of aromatic nitrogens is 1. The first-order valence-electron chi connectivity index (χ1n) is 13.1. The van der Waals surface area contributed by atoms with Gasteiger partial charge >= 0.3 is 0 Å². The number of allylic oxidation sites excluding steroid dienone is 1. The summed E-state index contributed by atoms with van der Waals surface area (Å²) in [5, 5.41) is 2.52. The number of para-hydroxylation sites is 4. The van der Waals surface area contributed by atoms with Crippen molar-refractivity contribution in [2.24, 2.45) is 0 Å². The number of ether oxygens (including phenoxy) is 1. The van der Waals surface area contributed by atoms with Crippen LogP contribution in [0.3, 0.4) is 0 Å². The maximum absolute atomic E-state index is 6.27. The Morgan fingerprint density at radius 3 is 2.11 bits per heavy atom. The molecule has 3 heterocycles. The van der Waals surface area contributed by atoms with Gasteiger partial charge < -0.3 is 9.64 Å². The second-order valence-corrected chi connectivity index (χ2v) is 9.94. The quantitative estimate of drug-likeness (QED) is 0.235. The third kappa shape index (κ3) is 2.97. The summed E-state index contributed by atoms with van der Waals surface area (Å²) in [6.07, 6.45) is 4.25. The maximum atomic E-state index is 6.27. The topological polar surface area (TPSA) is 16.4 Å². The molecule has 0 saturated heterocycles. The zero-order valence-corrected chi connectivity index (χ0v) is 21.2. The van der Waals surface area contributed by atoms with E-state index in [1.54, 1.807) is 0 Å². The van der Waals surface area contributed by atoms with Crippen molar-refractivity contribution in [2.45, 2.75) is 32.2 Å². The average Bonchev–Trinajstić information content (AvgIpc) is 2.96. The molecular weight excluding hydrogens is 452 g/mol. The Morgan fingerprint density at radius 2 is 1.41 bits per heavy atom. The summed E-state index contributed by atoms with van der Waals surface area (Å²) >= 11 is 0. The molecule has 0 radical (unpaired) electrons. The summed E-state index contributed by atoms with van der Waals surface area (Å²) in [6.45, 7) is 9.25. The van der Waals surface area contributed by atoms with Crippen molar-refractivity contribution in [1.82, 2.24) is 0 Å². The molecule has 4 aromatic carbocycles. The van der Waals surface area contributed by atoms with Crippen molar-refractivity contribution in [2.75, 3.05) is 4.90 Å². The number of hydrogen-bond donors (Lipinski definition) is 0. The van der Waals surface area contributed by atoms with Crippen LogP contribution in [0.4, 0.5) is 17.1 Å². The van der Waals surface area contributed by atoms with Gasteiger partial charge in [0.1, 0.15) is 0 Å². The first kappa shape index (κ1) is 21.9. The molecule has 0 atom stereocenters. The van der Waals surface area contributed by atoms with Gasteiger partial charge in [0.2, 0.25) is 5.69 Å². The Morgan fingerprint density at radius 1 is 0.757 bits per heavy atom. The number of nitrogens with zero attached hydrogens (tertiary/aromatic N) is 2. The van der Waals surface area contributed by atoms with E-state index >= 15 is 0 Å². The SMILES string of the molecule is C=C1c2ccc(N3c4ccccc4Oc4ccccc43)cc2-c2c3ccccc3cc[n+]2C1(CC)CC. The molecule has 3 heteroatoms. The van der Waals surface area contributed by atoms with Crippen LogP contribution in [0, 0.1) is 0 Å². The van der Waals surface area contributed by atoms with E-state index < -0.39 is 0 Å². The lowest BCUT2D eigenvalue weighted by Crippen LogP contribution is -2.59. The van der Waals surface area contributed by atoms with E-state index in [4.69, 9.17) is 4.74 Å². The first-order chi connectivity index (χ1) is 18.2. The monoisotopic (exact) mass is 481 g/mol. The summed E-state index contributed by atoms with van der Waals surface area (Å²) < 4.78 is 8.76. The van der Waals surface area contributed by atoms with Crippen molar-refractivity contribution >= 4 is 33.4 Å². The van der Waals surface area contributed by atoms with Crippen LogP contribution in [0.5, 0.6) is 11.5 Å². The fourth-order valence-electron chi connectivity index (χ4n) is 6.38. The van der Waals surface area contributed by atoms with E-state index in [0.29, 0.717) is 0 Å². The molecule has 180 valence electrons. The highest BCUT2D eigenvalue weighted by molar-refractivity contribution is 5.99. The van der Waals surface area contributed by atoms with Gasteiger partial charge in [0.05, 0.1) is 22.3 Å². The first-order valence-corrected chi connectivity index (χ1v) is 13.1. The normalized spacial score (nSPS) is 14.9. The minimum Gasteiger partial charge on any atom is -0.453 e. The molecule has 0 spiro atoms. The molecule has 2 aliphatic rings. The summed E-state index contributed by atoms with van der Waals surface area (Å²) in [6, 6.07) is 34.3. The lowest BCUT2D eigenvalue weighted by Gasteiger charge is -2.37. The largest absolute Gasteiger partial charge is 0.453 e. The molecule has 5 aromatic rings. The lowest BCUT2D eigenvalue weighted by molar-refractivity contribution is -0.740. The zero-order chi connectivity index (χ0) is 25.1. The minimum atomic E-state index is -0.147. The van der Waals surface area contributed by atoms with Gasteiger partial charge in [0.25, 0.3) is 0 Å². The zero-order valence-electron chi connectivity index (χ0n) is 21.2. The van der Waals surface area contributed by atoms with Crippen molar-refractivity contribution in [1.29, 1.82) is 0 Å². The second kappa shape index (κ2) is 8.07. The Kier molecular flexibility index (Phi) is 4.77. The maximum Gasteiger partial charge on any atom is 0.221 e. The molecule has 0 aliphatic carbocycles. The van der Waals surface area contributed by atoms with Crippen LogP contribution >= 0.6 is 0 Å². The number of rotatable bonds is 3. The van der Waals surface area contributed by atoms with Crippen LogP contribution in [0.1, 0.15) is 32.3 Å². The van der Waals surface area contributed by atoms with Crippen LogP contribution < -0.4 is 14.2 Å². The Labute approximate surface area is 217 Å². The van der Waals surface area contributed by atoms with Crippen LogP contribution in [0.15, 0.2) is 110 Å².